The third-order valence-electron chi connectivity index (χ3n) is 4.28. The fourth-order valence-electron chi connectivity index (χ4n) is 2.84. The van der Waals surface area contributed by atoms with Gasteiger partial charge in [-0.15, -0.1) is 10.2 Å². The molecule has 4 aromatic rings. The van der Waals surface area contributed by atoms with Crippen molar-refractivity contribution in [2.45, 2.75) is 6.54 Å². The predicted octanol–water partition coefficient (Wildman–Crippen LogP) is 4.10. The van der Waals surface area contributed by atoms with E-state index in [2.05, 4.69) is 20.5 Å². The normalized spacial score (nSPS) is 10.4. The van der Waals surface area contributed by atoms with E-state index < -0.39 is 6.09 Å². The molecule has 0 bridgehead atoms. The molecule has 4 rings (SSSR count). The average Bonchev–Trinajstić information content (AvgIpc) is 3.33. The monoisotopic (exact) mass is 402 g/mol. The van der Waals surface area contributed by atoms with Crippen LogP contribution in [0.5, 0.6) is 11.5 Å². The van der Waals surface area contributed by atoms with Crippen molar-refractivity contribution in [3.05, 3.63) is 78.9 Å². The molecule has 0 saturated carbocycles. The Hall–Kier alpha value is -4.20. The van der Waals surface area contributed by atoms with Crippen LogP contribution in [0.1, 0.15) is 5.56 Å². The van der Waals surface area contributed by atoms with Gasteiger partial charge >= 0.3 is 6.09 Å². The van der Waals surface area contributed by atoms with Crippen molar-refractivity contribution in [1.29, 1.82) is 0 Å². The van der Waals surface area contributed by atoms with E-state index in [-0.39, 0.29) is 0 Å². The lowest BCUT2D eigenvalue weighted by Crippen LogP contribution is -2.26. The van der Waals surface area contributed by atoms with Gasteiger partial charge in [-0.3, -0.25) is 4.98 Å². The number of aromatic nitrogens is 3. The number of hydrogen-bond acceptors (Lipinski definition) is 7. The van der Waals surface area contributed by atoms with Gasteiger partial charge in [0, 0.05) is 30.6 Å². The molecule has 1 N–H and O–H groups in total. The molecule has 0 aliphatic heterocycles. The quantitative estimate of drug-likeness (QED) is 0.518. The molecule has 0 aliphatic carbocycles. The van der Waals surface area contributed by atoms with Gasteiger partial charge in [0.2, 0.25) is 12.3 Å². The van der Waals surface area contributed by atoms with Crippen LogP contribution in [0, 0.1) is 0 Å². The summed E-state index contributed by atoms with van der Waals surface area (Å²) >= 11 is 0. The minimum Gasteiger partial charge on any atom is -0.497 e. The lowest BCUT2D eigenvalue weighted by molar-refractivity contribution is 0.200. The Kier molecular flexibility index (Phi) is 5.66. The second-order valence-electron chi connectivity index (χ2n) is 6.33. The van der Waals surface area contributed by atoms with Gasteiger partial charge in [0.15, 0.2) is 0 Å². The van der Waals surface area contributed by atoms with Gasteiger partial charge in [-0.2, -0.15) is 0 Å². The molecule has 0 radical (unpaired) electrons. The molecule has 0 aliphatic rings. The lowest BCUT2D eigenvalue weighted by Gasteiger charge is -2.11. The molecule has 1 amide bonds. The number of methoxy groups -OCH3 is 1. The maximum absolute atomic E-state index is 12.2. The van der Waals surface area contributed by atoms with E-state index >= 15 is 0 Å². The highest BCUT2D eigenvalue weighted by Crippen LogP contribution is 2.31. The largest absolute Gasteiger partial charge is 0.497 e. The minimum absolute atomic E-state index is 0.345. The number of hydrogen-bond donors (Lipinski definition) is 1. The topological polar surface area (TPSA) is 99.4 Å². The highest BCUT2D eigenvalue weighted by atomic mass is 16.6. The minimum atomic E-state index is -0.559. The Balaban J connectivity index is 1.53. The Morgan fingerprint density at radius 1 is 1.00 bits per heavy atom. The lowest BCUT2D eigenvalue weighted by atomic mass is 10.1. The van der Waals surface area contributed by atoms with Crippen LogP contribution in [-0.2, 0) is 6.54 Å². The third-order valence-corrected chi connectivity index (χ3v) is 4.28. The van der Waals surface area contributed by atoms with Crippen LogP contribution in [0.2, 0.25) is 0 Å². The van der Waals surface area contributed by atoms with Crippen LogP contribution >= 0.6 is 0 Å². The number of pyridine rings is 1. The summed E-state index contributed by atoms with van der Waals surface area (Å²) in [5, 5.41) is 10.3. The first-order chi connectivity index (χ1) is 14.7. The maximum atomic E-state index is 12.2. The van der Waals surface area contributed by atoms with Gasteiger partial charge in [-0.1, -0.05) is 30.3 Å². The fraction of sp³-hybridized carbons (Fsp3) is 0.0909. The SMILES string of the molecule is COc1cc(OC(=O)NCc2ccccc2)cc(-c2cncc(-c3nnco3)c2)c1. The van der Waals surface area contributed by atoms with E-state index in [1.54, 1.807) is 31.6 Å². The molecule has 0 saturated heterocycles. The zero-order chi connectivity index (χ0) is 20.8. The average molecular weight is 402 g/mol. The molecule has 0 spiro atoms. The summed E-state index contributed by atoms with van der Waals surface area (Å²) in [5.74, 6) is 1.25. The molecule has 8 nitrogen and oxygen atoms in total. The predicted molar refractivity (Wildman–Crippen MR) is 109 cm³/mol. The second-order valence-corrected chi connectivity index (χ2v) is 6.33. The van der Waals surface area contributed by atoms with Crippen molar-refractivity contribution in [3.8, 4) is 34.1 Å². The van der Waals surface area contributed by atoms with Gasteiger partial charge in [0.05, 0.1) is 12.7 Å². The smallest absolute Gasteiger partial charge is 0.412 e. The van der Waals surface area contributed by atoms with E-state index in [4.69, 9.17) is 13.9 Å². The van der Waals surface area contributed by atoms with Gasteiger partial charge < -0.3 is 19.2 Å². The van der Waals surface area contributed by atoms with Crippen molar-refractivity contribution in [2.24, 2.45) is 0 Å². The molecule has 0 fully saturated rings. The van der Waals surface area contributed by atoms with E-state index in [0.29, 0.717) is 29.5 Å². The first-order valence-electron chi connectivity index (χ1n) is 9.12. The number of nitrogens with one attached hydrogen (secondary N) is 1. The molecule has 0 atom stereocenters. The van der Waals surface area contributed by atoms with Crippen LogP contribution < -0.4 is 14.8 Å². The zero-order valence-electron chi connectivity index (χ0n) is 16.1. The summed E-state index contributed by atoms with van der Waals surface area (Å²) in [5.41, 5.74) is 3.19. The summed E-state index contributed by atoms with van der Waals surface area (Å²) in [4.78, 5) is 16.5. The number of carbonyl (C=O) groups excluding carboxylic acids is 1. The number of amides is 1. The van der Waals surface area contributed by atoms with Crippen LogP contribution in [0.4, 0.5) is 4.79 Å². The maximum Gasteiger partial charge on any atom is 0.412 e. The summed E-state index contributed by atoms with van der Waals surface area (Å²) < 4.78 is 16.0. The number of rotatable bonds is 6. The highest BCUT2D eigenvalue weighted by Gasteiger charge is 2.11. The van der Waals surface area contributed by atoms with Crippen molar-refractivity contribution in [3.63, 3.8) is 0 Å². The second kappa shape index (κ2) is 8.87. The fourth-order valence-corrected chi connectivity index (χ4v) is 2.84. The zero-order valence-corrected chi connectivity index (χ0v) is 16.1. The molecule has 2 aromatic heterocycles. The summed E-state index contributed by atoms with van der Waals surface area (Å²) in [6.07, 6.45) is 4.02. The molecular formula is C22H18N4O4. The van der Waals surface area contributed by atoms with Crippen molar-refractivity contribution >= 4 is 6.09 Å². The van der Waals surface area contributed by atoms with Gasteiger partial charge in [0.25, 0.3) is 0 Å². The van der Waals surface area contributed by atoms with E-state index in [1.807, 2.05) is 42.5 Å². The summed E-state index contributed by atoms with van der Waals surface area (Å²) in [6.45, 7) is 0.368. The number of nitrogens with zero attached hydrogens (tertiary/aromatic N) is 3. The van der Waals surface area contributed by atoms with Crippen LogP contribution in [0.3, 0.4) is 0 Å². The van der Waals surface area contributed by atoms with Crippen molar-refractivity contribution in [1.82, 2.24) is 20.5 Å². The summed E-state index contributed by atoms with van der Waals surface area (Å²) in [6, 6.07) is 16.6. The first-order valence-corrected chi connectivity index (χ1v) is 9.12. The Morgan fingerprint density at radius 3 is 2.57 bits per heavy atom. The number of ether oxygens (including phenoxy) is 2. The summed E-state index contributed by atoms with van der Waals surface area (Å²) in [7, 11) is 1.55. The molecule has 2 aromatic carbocycles. The Morgan fingerprint density at radius 2 is 1.80 bits per heavy atom. The van der Waals surface area contributed by atoms with Crippen molar-refractivity contribution in [2.75, 3.05) is 7.11 Å². The van der Waals surface area contributed by atoms with Crippen molar-refractivity contribution < 1.29 is 18.7 Å². The third kappa shape index (κ3) is 4.61. The molecule has 30 heavy (non-hydrogen) atoms. The van der Waals surface area contributed by atoms with E-state index in [0.717, 1.165) is 16.7 Å². The Labute approximate surface area is 172 Å². The molecule has 8 heteroatoms. The van der Waals surface area contributed by atoms with Gasteiger partial charge in [-0.05, 0) is 29.3 Å². The van der Waals surface area contributed by atoms with E-state index in [9.17, 15) is 4.79 Å². The first kappa shape index (κ1) is 19.1. The highest BCUT2D eigenvalue weighted by molar-refractivity contribution is 5.74. The number of carbonyl (C=O) groups is 1. The molecular weight excluding hydrogens is 384 g/mol. The standard InChI is InChI=1S/C22H18N4O4/c1-28-19-8-16(17-7-18(13-23-12-17)21-26-25-14-29-21)9-20(10-19)30-22(27)24-11-15-5-3-2-4-6-15/h2-10,12-14H,11H2,1H3,(H,24,27). The molecule has 0 unspecified atom stereocenters. The van der Waals surface area contributed by atoms with Gasteiger partial charge in [-0.25, -0.2) is 4.79 Å². The Bertz CT molecular complexity index is 1130. The van der Waals surface area contributed by atoms with Crippen LogP contribution in [0.25, 0.3) is 22.6 Å². The van der Waals surface area contributed by atoms with Crippen LogP contribution in [0.15, 0.2) is 77.8 Å². The molecule has 2 heterocycles. The van der Waals surface area contributed by atoms with Gasteiger partial charge in [0.1, 0.15) is 11.5 Å². The number of benzene rings is 2. The van der Waals surface area contributed by atoms with E-state index in [1.165, 1.54) is 6.39 Å². The van der Waals surface area contributed by atoms with Crippen LogP contribution in [-0.4, -0.2) is 28.4 Å². The molecule has 150 valence electrons.